The van der Waals surface area contributed by atoms with Crippen LogP contribution >= 0.6 is 0 Å². The minimum Gasteiger partial charge on any atom is -0.371 e. The molecule has 0 spiro atoms. The van der Waals surface area contributed by atoms with E-state index in [0.29, 0.717) is 12.7 Å². The molecule has 3 heteroatoms. The first-order valence-electron chi connectivity index (χ1n) is 5.80. The molecule has 1 fully saturated rings. The van der Waals surface area contributed by atoms with E-state index in [-0.39, 0.29) is 6.10 Å². The second-order valence-electron chi connectivity index (χ2n) is 4.26. The molecule has 1 aromatic rings. The van der Waals surface area contributed by atoms with E-state index in [1.165, 1.54) is 0 Å². The van der Waals surface area contributed by atoms with Gasteiger partial charge in [-0.2, -0.15) is 0 Å². The highest BCUT2D eigenvalue weighted by Crippen LogP contribution is 2.22. The van der Waals surface area contributed by atoms with Crippen molar-refractivity contribution in [3.63, 3.8) is 0 Å². The molecular weight excluding hydrogens is 199 g/mol. The monoisotopic (exact) mass is 216 g/mol. The van der Waals surface area contributed by atoms with Crippen molar-refractivity contribution in [2.75, 3.05) is 13.2 Å². The fraction of sp³-hybridized carbons (Fsp3) is 0.538. The molecule has 0 unspecified atom stereocenters. The Morgan fingerprint density at radius 2 is 2.31 bits per heavy atom. The largest absolute Gasteiger partial charge is 0.371 e. The molecule has 2 rings (SSSR count). The molecule has 2 radical (unpaired) electrons. The molecule has 16 heavy (non-hydrogen) atoms. The fourth-order valence-corrected chi connectivity index (χ4v) is 1.80. The van der Waals surface area contributed by atoms with Crippen LogP contribution in [0.2, 0.25) is 0 Å². The lowest BCUT2D eigenvalue weighted by atomic mass is 9.84. The van der Waals surface area contributed by atoms with E-state index in [2.05, 4.69) is 6.92 Å². The standard InChI is InChI=1S/C13H17BO2/c1-3-12(16-8-10-7-15-10)11-6-4-5-9(2)13(11)14/h4-6,10,12H,3,7-8H2,1-2H3/t10-,12-/m1/s1. The third-order valence-electron chi connectivity index (χ3n) is 2.96. The van der Waals surface area contributed by atoms with E-state index >= 15 is 0 Å². The average molecular weight is 216 g/mol. The summed E-state index contributed by atoms with van der Waals surface area (Å²) < 4.78 is 11.0. The predicted octanol–water partition coefficient (Wildman–Crippen LogP) is 1.66. The van der Waals surface area contributed by atoms with Crippen LogP contribution < -0.4 is 5.46 Å². The summed E-state index contributed by atoms with van der Waals surface area (Å²) in [6.45, 7) is 5.64. The van der Waals surface area contributed by atoms with Crippen LogP contribution in [0.1, 0.15) is 30.6 Å². The highest BCUT2D eigenvalue weighted by molar-refractivity contribution is 6.34. The minimum absolute atomic E-state index is 0.0871. The van der Waals surface area contributed by atoms with Crippen LogP contribution in [0, 0.1) is 6.92 Å². The van der Waals surface area contributed by atoms with Crippen LogP contribution in [0.4, 0.5) is 0 Å². The van der Waals surface area contributed by atoms with E-state index in [1.54, 1.807) is 0 Å². The first-order valence-corrected chi connectivity index (χ1v) is 5.80. The van der Waals surface area contributed by atoms with Gasteiger partial charge in [-0.3, -0.25) is 0 Å². The summed E-state index contributed by atoms with van der Waals surface area (Å²) >= 11 is 0. The molecular formula is C13H17BO2. The third kappa shape index (κ3) is 2.66. The van der Waals surface area contributed by atoms with Gasteiger partial charge in [0.05, 0.1) is 19.3 Å². The number of benzene rings is 1. The van der Waals surface area contributed by atoms with Gasteiger partial charge in [0.2, 0.25) is 0 Å². The van der Waals surface area contributed by atoms with Crippen LogP contribution in [0.25, 0.3) is 0 Å². The Bertz CT molecular complexity index is 361. The highest BCUT2D eigenvalue weighted by Gasteiger charge is 2.24. The van der Waals surface area contributed by atoms with Gasteiger partial charge in [0.15, 0.2) is 0 Å². The average Bonchev–Trinajstić information content (AvgIpc) is 3.08. The number of hydrogen-bond acceptors (Lipinski definition) is 2. The second kappa shape index (κ2) is 5.02. The summed E-state index contributed by atoms with van der Waals surface area (Å²) in [4.78, 5) is 0. The van der Waals surface area contributed by atoms with E-state index in [4.69, 9.17) is 17.3 Å². The molecule has 2 atom stereocenters. The zero-order chi connectivity index (χ0) is 11.5. The van der Waals surface area contributed by atoms with Gasteiger partial charge in [0.25, 0.3) is 0 Å². The first kappa shape index (κ1) is 11.7. The molecule has 1 aliphatic rings. The maximum Gasteiger partial charge on any atom is 0.114 e. The lowest BCUT2D eigenvalue weighted by Gasteiger charge is -2.19. The maximum atomic E-state index is 6.07. The lowest BCUT2D eigenvalue weighted by Crippen LogP contribution is -2.20. The Labute approximate surface area is 98.4 Å². The normalized spacial score (nSPS) is 20.8. The second-order valence-corrected chi connectivity index (χ2v) is 4.26. The Kier molecular flexibility index (Phi) is 3.67. The summed E-state index contributed by atoms with van der Waals surface area (Å²) in [5.74, 6) is 0. The topological polar surface area (TPSA) is 21.8 Å². The molecule has 0 saturated carbocycles. The highest BCUT2D eigenvalue weighted by atomic mass is 16.6. The molecule has 0 aliphatic carbocycles. The molecule has 0 amide bonds. The minimum atomic E-state index is 0.0871. The number of epoxide rings is 1. The molecule has 2 nitrogen and oxygen atoms in total. The van der Waals surface area contributed by atoms with Crippen molar-refractivity contribution < 1.29 is 9.47 Å². The molecule has 1 aromatic carbocycles. The summed E-state index contributed by atoms with van der Waals surface area (Å²) in [5, 5.41) is 0. The molecule has 0 N–H and O–H groups in total. The number of aryl methyl sites for hydroxylation is 1. The Morgan fingerprint density at radius 1 is 1.56 bits per heavy atom. The Hall–Kier alpha value is -0.795. The summed E-state index contributed by atoms with van der Waals surface area (Å²) in [6.07, 6.45) is 1.32. The summed E-state index contributed by atoms with van der Waals surface area (Å²) in [6, 6.07) is 6.10. The molecule has 1 saturated heterocycles. The van der Waals surface area contributed by atoms with E-state index in [9.17, 15) is 0 Å². The van der Waals surface area contributed by atoms with Gasteiger partial charge in [0.1, 0.15) is 14.0 Å². The van der Waals surface area contributed by atoms with Crippen molar-refractivity contribution in [1.29, 1.82) is 0 Å². The van der Waals surface area contributed by atoms with Crippen molar-refractivity contribution >= 4 is 13.3 Å². The van der Waals surface area contributed by atoms with E-state index < -0.39 is 0 Å². The Morgan fingerprint density at radius 3 is 2.94 bits per heavy atom. The smallest absolute Gasteiger partial charge is 0.114 e. The number of ether oxygens (including phenoxy) is 2. The van der Waals surface area contributed by atoms with Gasteiger partial charge >= 0.3 is 0 Å². The van der Waals surface area contributed by atoms with Gasteiger partial charge in [-0.25, -0.2) is 0 Å². The van der Waals surface area contributed by atoms with Crippen LogP contribution in [-0.4, -0.2) is 27.2 Å². The van der Waals surface area contributed by atoms with Crippen molar-refractivity contribution in [1.82, 2.24) is 0 Å². The van der Waals surface area contributed by atoms with Crippen molar-refractivity contribution in [2.45, 2.75) is 32.5 Å². The predicted molar refractivity (Wildman–Crippen MR) is 65.3 cm³/mol. The van der Waals surface area contributed by atoms with Gasteiger partial charge in [-0.05, 0) is 18.9 Å². The van der Waals surface area contributed by atoms with Crippen molar-refractivity contribution in [3.8, 4) is 0 Å². The van der Waals surface area contributed by atoms with E-state index in [0.717, 1.165) is 29.6 Å². The number of rotatable bonds is 5. The third-order valence-corrected chi connectivity index (χ3v) is 2.96. The van der Waals surface area contributed by atoms with Crippen LogP contribution in [0.3, 0.4) is 0 Å². The van der Waals surface area contributed by atoms with Crippen LogP contribution in [-0.2, 0) is 9.47 Å². The summed E-state index contributed by atoms with van der Waals surface area (Å²) in [7, 11) is 6.07. The summed E-state index contributed by atoms with van der Waals surface area (Å²) in [5.41, 5.74) is 3.07. The van der Waals surface area contributed by atoms with Gasteiger partial charge in [-0.15, -0.1) is 0 Å². The first-order chi connectivity index (χ1) is 7.72. The number of hydrogen-bond donors (Lipinski definition) is 0. The molecule has 1 aliphatic heterocycles. The van der Waals surface area contributed by atoms with Crippen LogP contribution in [0.5, 0.6) is 0 Å². The molecule has 0 bridgehead atoms. The Balaban J connectivity index is 2.08. The van der Waals surface area contributed by atoms with Crippen molar-refractivity contribution in [3.05, 3.63) is 29.3 Å². The van der Waals surface area contributed by atoms with Gasteiger partial charge < -0.3 is 9.47 Å². The maximum absolute atomic E-state index is 6.07. The zero-order valence-electron chi connectivity index (χ0n) is 9.90. The molecule has 0 aromatic heterocycles. The quantitative estimate of drug-likeness (QED) is 0.551. The zero-order valence-corrected chi connectivity index (χ0v) is 9.90. The molecule has 84 valence electrons. The van der Waals surface area contributed by atoms with Crippen molar-refractivity contribution in [2.24, 2.45) is 0 Å². The van der Waals surface area contributed by atoms with Crippen LogP contribution in [0.15, 0.2) is 18.2 Å². The van der Waals surface area contributed by atoms with Gasteiger partial charge in [-0.1, -0.05) is 36.1 Å². The van der Waals surface area contributed by atoms with E-state index in [1.807, 2.05) is 25.1 Å². The lowest BCUT2D eigenvalue weighted by molar-refractivity contribution is 0.0400. The fourth-order valence-electron chi connectivity index (χ4n) is 1.80. The molecule has 1 heterocycles. The van der Waals surface area contributed by atoms with Gasteiger partial charge in [0, 0.05) is 0 Å². The SMILES string of the molecule is [B]c1c(C)cccc1[C@@H](CC)OC[C@H]1CO1.